The molecule has 0 radical (unpaired) electrons. The van der Waals surface area contributed by atoms with Crippen LogP contribution >= 0.6 is 0 Å². The van der Waals surface area contributed by atoms with Crippen molar-refractivity contribution >= 4 is 12.1 Å². The van der Waals surface area contributed by atoms with Gasteiger partial charge in [0.2, 0.25) is 5.91 Å². The number of nitrogens with one attached hydrogen (secondary N) is 1. The summed E-state index contributed by atoms with van der Waals surface area (Å²) < 4.78 is 0. The van der Waals surface area contributed by atoms with Gasteiger partial charge in [-0.25, -0.2) is 5.43 Å². The Balaban J connectivity index is 1.84. The van der Waals surface area contributed by atoms with Crippen LogP contribution in [0.4, 0.5) is 0 Å². The average molecular weight is 239 g/mol. The Hall–Kier alpha value is -2.49. The Morgan fingerprint density at radius 3 is 2.78 bits per heavy atom. The van der Waals surface area contributed by atoms with Crippen molar-refractivity contribution in [2.45, 2.75) is 6.42 Å². The Labute approximate surface area is 105 Å². The minimum atomic E-state index is -0.157. The van der Waals surface area contributed by atoms with E-state index in [0.717, 1.165) is 11.1 Å². The Kier molecular flexibility index (Phi) is 4.19. The number of rotatable bonds is 4. The minimum Gasteiger partial charge on any atom is -0.273 e. The monoisotopic (exact) mass is 239 g/mol. The highest BCUT2D eigenvalue weighted by Crippen LogP contribution is 1.97. The van der Waals surface area contributed by atoms with Gasteiger partial charge in [0.15, 0.2) is 0 Å². The van der Waals surface area contributed by atoms with Crippen molar-refractivity contribution in [1.29, 1.82) is 0 Å². The molecular formula is C14H13N3O. The summed E-state index contributed by atoms with van der Waals surface area (Å²) in [5, 5.41) is 3.89. The van der Waals surface area contributed by atoms with E-state index in [2.05, 4.69) is 15.5 Å². The summed E-state index contributed by atoms with van der Waals surface area (Å²) in [4.78, 5) is 15.5. The molecule has 1 aromatic carbocycles. The Morgan fingerprint density at radius 2 is 2.06 bits per heavy atom. The maximum absolute atomic E-state index is 11.6. The second-order valence-corrected chi connectivity index (χ2v) is 3.74. The van der Waals surface area contributed by atoms with Crippen LogP contribution in [0.25, 0.3) is 0 Å². The van der Waals surface area contributed by atoms with Crippen LogP contribution in [0.1, 0.15) is 11.1 Å². The fourth-order valence-electron chi connectivity index (χ4n) is 1.45. The second-order valence-electron chi connectivity index (χ2n) is 3.74. The van der Waals surface area contributed by atoms with Gasteiger partial charge in [0.1, 0.15) is 0 Å². The smallest absolute Gasteiger partial charge is 0.244 e. The minimum absolute atomic E-state index is 0.157. The molecule has 2 aromatic rings. The number of hydrazone groups is 1. The molecule has 0 bridgehead atoms. The van der Waals surface area contributed by atoms with Crippen LogP contribution < -0.4 is 5.43 Å². The third-order valence-corrected chi connectivity index (χ3v) is 2.29. The van der Waals surface area contributed by atoms with Crippen LogP contribution in [0.15, 0.2) is 60.0 Å². The van der Waals surface area contributed by atoms with Gasteiger partial charge < -0.3 is 0 Å². The van der Waals surface area contributed by atoms with E-state index in [-0.39, 0.29) is 12.3 Å². The van der Waals surface area contributed by atoms with E-state index in [0.29, 0.717) is 0 Å². The molecule has 0 unspecified atom stereocenters. The number of nitrogens with zero attached hydrogens (tertiary/aromatic N) is 2. The van der Waals surface area contributed by atoms with E-state index in [1.54, 1.807) is 24.7 Å². The molecule has 1 amide bonds. The van der Waals surface area contributed by atoms with Gasteiger partial charge in [-0.1, -0.05) is 36.4 Å². The first-order valence-corrected chi connectivity index (χ1v) is 5.60. The maximum atomic E-state index is 11.6. The van der Waals surface area contributed by atoms with Crippen LogP contribution in [0.5, 0.6) is 0 Å². The van der Waals surface area contributed by atoms with Gasteiger partial charge in [0, 0.05) is 12.4 Å². The number of benzene rings is 1. The van der Waals surface area contributed by atoms with Gasteiger partial charge in [-0.15, -0.1) is 0 Å². The van der Waals surface area contributed by atoms with Gasteiger partial charge in [0.25, 0.3) is 0 Å². The quantitative estimate of drug-likeness (QED) is 0.653. The van der Waals surface area contributed by atoms with E-state index in [9.17, 15) is 4.79 Å². The highest BCUT2D eigenvalue weighted by molar-refractivity contribution is 5.83. The first-order valence-electron chi connectivity index (χ1n) is 5.60. The van der Waals surface area contributed by atoms with Crippen LogP contribution in [0, 0.1) is 0 Å². The summed E-state index contributed by atoms with van der Waals surface area (Å²) in [5.74, 6) is -0.157. The van der Waals surface area contributed by atoms with E-state index >= 15 is 0 Å². The molecule has 1 aromatic heterocycles. The molecule has 0 saturated heterocycles. The lowest BCUT2D eigenvalue weighted by Crippen LogP contribution is -2.19. The van der Waals surface area contributed by atoms with Crippen LogP contribution in [-0.4, -0.2) is 17.1 Å². The summed E-state index contributed by atoms with van der Waals surface area (Å²) in [7, 11) is 0. The van der Waals surface area contributed by atoms with Crippen molar-refractivity contribution in [1.82, 2.24) is 10.4 Å². The topological polar surface area (TPSA) is 54.4 Å². The predicted molar refractivity (Wildman–Crippen MR) is 70.1 cm³/mol. The summed E-state index contributed by atoms with van der Waals surface area (Å²) in [5.41, 5.74) is 4.29. The summed E-state index contributed by atoms with van der Waals surface area (Å²) in [6.45, 7) is 0. The van der Waals surface area contributed by atoms with Gasteiger partial charge in [-0.2, -0.15) is 5.10 Å². The first kappa shape index (κ1) is 12.0. The van der Waals surface area contributed by atoms with Gasteiger partial charge in [0.05, 0.1) is 12.6 Å². The molecule has 2 rings (SSSR count). The predicted octanol–water partition coefficient (Wildman–Crippen LogP) is 1.77. The number of carbonyl (C=O) groups excluding carboxylic acids is 1. The maximum Gasteiger partial charge on any atom is 0.244 e. The molecule has 1 heterocycles. The fourth-order valence-corrected chi connectivity index (χ4v) is 1.45. The summed E-state index contributed by atoms with van der Waals surface area (Å²) >= 11 is 0. The number of hydrogen-bond donors (Lipinski definition) is 1. The molecule has 18 heavy (non-hydrogen) atoms. The summed E-state index contributed by atoms with van der Waals surface area (Å²) in [6.07, 6.45) is 5.23. The van der Waals surface area contributed by atoms with Crippen LogP contribution in [0.2, 0.25) is 0 Å². The van der Waals surface area contributed by atoms with E-state index in [1.165, 1.54) is 0 Å². The molecule has 90 valence electrons. The third-order valence-electron chi connectivity index (χ3n) is 2.29. The number of pyridine rings is 1. The molecule has 0 spiro atoms. The number of carbonyl (C=O) groups is 1. The van der Waals surface area contributed by atoms with E-state index < -0.39 is 0 Å². The zero-order valence-electron chi connectivity index (χ0n) is 9.78. The molecular weight excluding hydrogens is 226 g/mol. The highest BCUT2D eigenvalue weighted by atomic mass is 16.2. The van der Waals surface area contributed by atoms with Gasteiger partial charge >= 0.3 is 0 Å². The lowest BCUT2D eigenvalue weighted by atomic mass is 10.2. The zero-order chi connectivity index (χ0) is 12.6. The van der Waals surface area contributed by atoms with Gasteiger partial charge in [-0.3, -0.25) is 9.78 Å². The number of aromatic nitrogens is 1. The molecule has 0 saturated carbocycles. The average Bonchev–Trinajstić information content (AvgIpc) is 2.41. The van der Waals surface area contributed by atoms with Crippen molar-refractivity contribution < 1.29 is 4.79 Å². The molecule has 0 aliphatic carbocycles. The van der Waals surface area contributed by atoms with Crippen LogP contribution in [0.3, 0.4) is 0 Å². The Bertz CT molecular complexity index is 523. The molecule has 1 N–H and O–H groups in total. The molecule has 0 aliphatic heterocycles. The molecule has 0 atom stereocenters. The molecule has 0 fully saturated rings. The second kappa shape index (κ2) is 6.30. The van der Waals surface area contributed by atoms with Crippen LogP contribution in [-0.2, 0) is 11.2 Å². The SMILES string of the molecule is O=C(Cc1cccnc1)N/N=C/c1ccccc1. The zero-order valence-corrected chi connectivity index (χ0v) is 9.78. The third kappa shape index (κ3) is 3.83. The van der Waals surface area contributed by atoms with Crippen molar-refractivity contribution in [2.24, 2.45) is 5.10 Å². The normalized spacial score (nSPS) is 10.4. The van der Waals surface area contributed by atoms with E-state index in [1.807, 2.05) is 36.4 Å². The largest absolute Gasteiger partial charge is 0.273 e. The van der Waals surface area contributed by atoms with E-state index in [4.69, 9.17) is 0 Å². The number of amides is 1. The lowest BCUT2D eigenvalue weighted by molar-refractivity contribution is -0.120. The van der Waals surface area contributed by atoms with Crippen molar-refractivity contribution in [3.8, 4) is 0 Å². The summed E-state index contributed by atoms with van der Waals surface area (Å²) in [6, 6.07) is 13.2. The van der Waals surface area contributed by atoms with Crippen molar-refractivity contribution in [2.75, 3.05) is 0 Å². The highest BCUT2D eigenvalue weighted by Gasteiger charge is 2.00. The number of hydrogen-bond acceptors (Lipinski definition) is 3. The Morgan fingerprint density at radius 1 is 1.22 bits per heavy atom. The molecule has 4 heteroatoms. The first-order chi connectivity index (χ1) is 8.84. The standard InChI is InChI=1S/C14H13N3O/c18-14(9-13-7-4-8-15-10-13)17-16-11-12-5-2-1-3-6-12/h1-8,10-11H,9H2,(H,17,18)/b16-11+. The van der Waals surface area contributed by atoms with Crippen molar-refractivity contribution in [3.63, 3.8) is 0 Å². The molecule has 4 nitrogen and oxygen atoms in total. The molecule has 0 aliphatic rings. The lowest BCUT2D eigenvalue weighted by Gasteiger charge is -1.99. The van der Waals surface area contributed by atoms with Crippen molar-refractivity contribution in [3.05, 3.63) is 66.0 Å². The fraction of sp³-hybridized carbons (Fsp3) is 0.0714. The van der Waals surface area contributed by atoms with Gasteiger partial charge in [-0.05, 0) is 17.2 Å².